The first kappa shape index (κ1) is 9.66. The van der Waals surface area contributed by atoms with Gasteiger partial charge in [-0.25, -0.2) is 0 Å². The second-order valence-corrected chi connectivity index (χ2v) is 2.20. The first-order valence-corrected chi connectivity index (χ1v) is 3.52. The summed E-state index contributed by atoms with van der Waals surface area (Å²) in [5.41, 5.74) is 0. The molecule has 1 atom stereocenters. The Hall–Kier alpha value is -0.340. The highest BCUT2D eigenvalue weighted by atomic mass is 16.5. The van der Waals surface area contributed by atoms with Gasteiger partial charge in [0.2, 0.25) is 0 Å². The fourth-order valence-corrected chi connectivity index (χ4v) is 0.534. The standard InChI is InChI=1S/C8H16O2/c1-4-6-10-7-5-8(2)9-3/h4,8H,1,5-7H2,2-3H3. The molecule has 0 radical (unpaired) electrons. The molecule has 0 saturated heterocycles. The average molecular weight is 144 g/mol. The van der Waals surface area contributed by atoms with Crippen LogP contribution in [0, 0.1) is 0 Å². The molecule has 0 rings (SSSR count). The molecule has 0 amide bonds. The molecule has 0 spiro atoms. The quantitative estimate of drug-likeness (QED) is 0.416. The van der Waals surface area contributed by atoms with Crippen molar-refractivity contribution < 1.29 is 9.47 Å². The third kappa shape index (κ3) is 5.79. The van der Waals surface area contributed by atoms with E-state index in [4.69, 9.17) is 9.47 Å². The molecule has 0 N–H and O–H groups in total. The van der Waals surface area contributed by atoms with Gasteiger partial charge in [0.05, 0.1) is 12.7 Å². The second-order valence-electron chi connectivity index (χ2n) is 2.20. The summed E-state index contributed by atoms with van der Waals surface area (Å²) in [6.45, 7) is 6.95. The van der Waals surface area contributed by atoms with Crippen molar-refractivity contribution in [1.82, 2.24) is 0 Å². The van der Waals surface area contributed by atoms with Crippen molar-refractivity contribution in [2.75, 3.05) is 20.3 Å². The fraction of sp³-hybridized carbons (Fsp3) is 0.750. The van der Waals surface area contributed by atoms with Crippen LogP contribution < -0.4 is 0 Å². The van der Waals surface area contributed by atoms with Gasteiger partial charge < -0.3 is 9.47 Å². The Kier molecular flexibility index (Phi) is 6.55. The highest BCUT2D eigenvalue weighted by molar-refractivity contribution is 4.63. The van der Waals surface area contributed by atoms with E-state index in [0.29, 0.717) is 12.7 Å². The van der Waals surface area contributed by atoms with Crippen LogP contribution in [0.25, 0.3) is 0 Å². The topological polar surface area (TPSA) is 18.5 Å². The number of hydrogen-bond acceptors (Lipinski definition) is 2. The van der Waals surface area contributed by atoms with E-state index in [1.54, 1.807) is 13.2 Å². The molecule has 0 bridgehead atoms. The van der Waals surface area contributed by atoms with E-state index in [1.807, 2.05) is 6.92 Å². The lowest BCUT2D eigenvalue weighted by atomic mass is 10.3. The molecule has 0 aliphatic heterocycles. The molecule has 0 heterocycles. The third-order valence-electron chi connectivity index (χ3n) is 1.31. The van der Waals surface area contributed by atoms with Crippen molar-refractivity contribution in [3.8, 4) is 0 Å². The monoisotopic (exact) mass is 144 g/mol. The largest absolute Gasteiger partial charge is 0.382 e. The van der Waals surface area contributed by atoms with Crippen LogP contribution in [0.3, 0.4) is 0 Å². The Balaban J connectivity index is 2.95. The normalized spacial score (nSPS) is 13.0. The van der Waals surface area contributed by atoms with E-state index in [9.17, 15) is 0 Å². The van der Waals surface area contributed by atoms with Gasteiger partial charge in [-0.2, -0.15) is 0 Å². The van der Waals surface area contributed by atoms with Crippen LogP contribution in [0.15, 0.2) is 12.7 Å². The summed E-state index contributed by atoms with van der Waals surface area (Å²) in [6.07, 6.45) is 2.99. The average Bonchev–Trinajstić information content (AvgIpc) is 1.98. The lowest BCUT2D eigenvalue weighted by Gasteiger charge is -2.07. The van der Waals surface area contributed by atoms with Crippen LogP contribution in [0.4, 0.5) is 0 Å². The minimum Gasteiger partial charge on any atom is -0.382 e. The number of hydrogen-bond donors (Lipinski definition) is 0. The van der Waals surface area contributed by atoms with Crippen molar-refractivity contribution in [1.29, 1.82) is 0 Å². The number of rotatable bonds is 6. The summed E-state index contributed by atoms with van der Waals surface area (Å²) < 4.78 is 10.2. The Bertz CT molecular complexity index is 81.3. The molecule has 10 heavy (non-hydrogen) atoms. The van der Waals surface area contributed by atoms with Gasteiger partial charge in [-0.1, -0.05) is 6.08 Å². The van der Waals surface area contributed by atoms with Crippen molar-refractivity contribution in [3.05, 3.63) is 12.7 Å². The van der Waals surface area contributed by atoms with Gasteiger partial charge in [0.25, 0.3) is 0 Å². The van der Waals surface area contributed by atoms with Gasteiger partial charge in [0, 0.05) is 13.7 Å². The summed E-state index contributed by atoms with van der Waals surface area (Å²) in [7, 11) is 1.71. The van der Waals surface area contributed by atoms with Crippen molar-refractivity contribution in [3.63, 3.8) is 0 Å². The predicted molar refractivity (Wildman–Crippen MR) is 42.1 cm³/mol. The van der Waals surface area contributed by atoms with E-state index >= 15 is 0 Å². The molecule has 1 unspecified atom stereocenters. The molecule has 0 aromatic heterocycles. The van der Waals surface area contributed by atoms with Crippen molar-refractivity contribution in [2.24, 2.45) is 0 Å². The molecule has 0 aliphatic carbocycles. The summed E-state index contributed by atoms with van der Waals surface area (Å²) >= 11 is 0. The van der Waals surface area contributed by atoms with E-state index in [2.05, 4.69) is 6.58 Å². The lowest BCUT2D eigenvalue weighted by Crippen LogP contribution is -2.08. The van der Waals surface area contributed by atoms with Gasteiger partial charge >= 0.3 is 0 Å². The van der Waals surface area contributed by atoms with Crippen LogP contribution in [0.1, 0.15) is 13.3 Å². The van der Waals surface area contributed by atoms with E-state index < -0.39 is 0 Å². The van der Waals surface area contributed by atoms with Crippen molar-refractivity contribution >= 4 is 0 Å². The zero-order chi connectivity index (χ0) is 7.82. The van der Waals surface area contributed by atoms with Gasteiger partial charge in [0.15, 0.2) is 0 Å². The maximum Gasteiger partial charge on any atom is 0.0644 e. The lowest BCUT2D eigenvalue weighted by molar-refractivity contribution is 0.0703. The van der Waals surface area contributed by atoms with Gasteiger partial charge in [-0.3, -0.25) is 0 Å². The Morgan fingerprint density at radius 2 is 2.30 bits per heavy atom. The molecule has 0 aromatic carbocycles. The maximum atomic E-state index is 5.16. The van der Waals surface area contributed by atoms with Crippen LogP contribution in [-0.4, -0.2) is 26.4 Å². The molecule has 0 aliphatic rings. The molecule has 2 nitrogen and oxygen atoms in total. The van der Waals surface area contributed by atoms with Crippen LogP contribution in [0.5, 0.6) is 0 Å². The van der Waals surface area contributed by atoms with Crippen LogP contribution in [-0.2, 0) is 9.47 Å². The molecular weight excluding hydrogens is 128 g/mol. The fourth-order valence-electron chi connectivity index (χ4n) is 0.534. The SMILES string of the molecule is C=CCOCCC(C)OC. The highest BCUT2D eigenvalue weighted by Gasteiger charge is 1.96. The minimum atomic E-state index is 0.296. The molecule has 0 fully saturated rings. The summed E-state index contributed by atoms with van der Waals surface area (Å²) in [4.78, 5) is 0. The molecule has 0 saturated carbocycles. The zero-order valence-electron chi connectivity index (χ0n) is 6.80. The number of methoxy groups -OCH3 is 1. The molecule has 2 heteroatoms. The van der Waals surface area contributed by atoms with Gasteiger partial charge in [-0.15, -0.1) is 6.58 Å². The maximum absolute atomic E-state index is 5.16. The van der Waals surface area contributed by atoms with Gasteiger partial charge in [0.1, 0.15) is 0 Å². The number of ether oxygens (including phenoxy) is 2. The van der Waals surface area contributed by atoms with Crippen LogP contribution in [0.2, 0.25) is 0 Å². The van der Waals surface area contributed by atoms with Crippen molar-refractivity contribution in [2.45, 2.75) is 19.4 Å². The first-order valence-electron chi connectivity index (χ1n) is 3.52. The Morgan fingerprint density at radius 1 is 1.60 bits per heavy atom. The first-order chi connectivity index (χ1) is 4.81. The van der Waals surface area contributed by atoms with E-state index in [-0.39, 0.29) is 0 Å². The Morgan fingerprint density at radius 3 is 2.80 bits per heavy atom. The van der Waals surface area contributed by atoms with Crippen LogP contribution >= 0.6 is 0 Å². The summed E-state index contributed by atoms with van der Waals surface area (Å²) in [5, 5.41) is 0. The second kappa shape index (κ2) is 6.78. The minimum absolute atomic E-state index is 0.296. The Labute approximate surface area is 62.8 Å². The highest BCUT2D eigenvalue weighted by Crippen LogP contribution is 1.94. The van der Waals surface area contributed by atoms with Gasteiger partial charge in [-0.05, 0) is 13.3 Å². The zero-order valence-corrected chi connectivity index (χ0v) is 6.80. The van der Waals surface area contributed by atoms with E-state index in [1.165, 1.54) is 0 Å². The summed E-state index contributed by atoms with van der Waals surface area (Å²) in [5.74, 6) is 0. The smallest absolute Gasteiger partial charge is 0.0644 e. The molecule has 60 valence electrons. The third-order valence-corrected chi connectivity index (χ3v) is 1.31. The molecule has 0 aromatic rings. The predicted octanol–water partition coefficient (Wildman–Crippen LogP) is 1.61. The van der Waals surface area contributed by atoms with E-state index in [0.717, 1.165) is 13.0 Å². The molecular formula is C8H16O2. The summed E-state index contributed by atoms with van der Waals surface area (Å²) in [6, 6.07) is 0.